The van der Waals surface area contributed by atoms with Crippen molar-refractivity contribution in [1.29, 1.82) is 0 Å². The number of phenols is 1. The predicted octanol–water partition coefficient (Wildman–Crippen LogP) is 2.64. The zero-order valence-electron chi connectivity index (χ0n) is 14.9. The van der Waals surface area contributed by atoms with Crippen molar-refractivity contribution in [3.05, 3.63) is 41.2 Å². The average Bonchev–Trinajstić information content (AvgIpc) is 2.97. The normalized spacial score (nSPS) is 16.6. The van der Waals surface area contributed by atoms with E-state index in [1.54, 1.807) is 6.07 Å². The highest BCUT2D eigenvalue weighted by molar-refractivity contribution is 14.0. The summed E-state index contributed by atoms with van der Waals surface area (Å²) in [4.78, 5) is 9.03. The van der Waals surface area contributed by atoms with Gasteiger partial charge in [0.1, 0.15) is 11.6 Å². The van der Waals surface area contributed by atoms with Crippen molar-refractivity contribution in [3.63, 3.8) is 0 Å². The molecule has 1 aromatic carbocycles. The Hall–Kier alpha value is -1.91. The Bertz CT molecular complexity index is 779. The number of nitrogens with zero attached hydrogens (tertiary/aromatic N) is 4. The fourth-order valence-electron chi connectivity index (χ4n) is 2.91. The van der Waals surface area contributed by atoms with Crippen molar-refractivity contribution in [1.82, 2.24) is 25.4 Å². The SMILES string of the molecule is CCNC(=NCc1ccc(O)c(F)c1)NC1CCCn2nc(C)nc21.I. The van der Waals surface area contributed by atoms with E-state index in [1.165, 1.54) is 12.1 Å². The lowest BCUT2D eigenvalue weighted by atomic mass is 10.1. The molecule has 1 aromatic heterocycles. The lowest BCUT2D eigenvalue weighted by molar-refractivity contribution is 0.397. The third kappa shape index (κ3) is 4.83. The number of hydrogen-bond donors (Lipinski definition) is 3. The fraction of sp³-hybridized carbons (Fsp3) is 0.471. The van der Waals surface area contributed by atoms with Crippen molar-refractivity contribution in [2.24, 2.45) is 4.99 Å². The van der Waals surface area contributed by atoms with Crippen molar-refractivity contribution in [2.75, 3.05) is 6.54 Å². The Balaban J connectivity index is 0.00000243. The topological polar surface area (TPSA) is 87.4 Å². The van der Waals surface area contributed by atoms with Gasteiger partial charge >= 0.3 is 0 Å². The van der Waals surface area contributed by atoms with Crippen LogP contribution in [0.15, 0.2) is 23.2 Å². The minimum Gasteiger partial charge on any atom is -0.505 e. The van der Waals surface area contributed by atoms with E-state index in [1.807, 2.05) is 18.5 Å². The molecule has 0 saturated carbocycles. The number of aromatic nitrogens is 3. The second-order valence-corrected chi connectivity index (χ2v) is 6.06. The lowest BCUT2D eigenvalue weighted by Crippen LogP contribution is -2.41. The molecule has 2 heterocycles. The summed E-state index contributed by atoms with van der Waals surface area (Å²) >= 11 is 0. The number of phenolic OH excluding ortho intramolecular Hbond substituents is 1. The minimum atomic E-state index is -0.637. The summed E-state index contributed by atoms with van der Waals surface area (Å²) in [7, 11) is 0. The van der Waals surface area contributed by atoms with Gasteiger partial charge in [0, 0.05) is 13.1 Å². The van der Waals surface area contributed by atoms with Crippen molar-refractivity contribution in [2.45, 2.75) is 45.8 Å². The Morgan fingerprint density at radius 2 is 2.27 bits per heavy atom. The van der Waals surface area contributed by atoms with Crippen LogP contribution < -0.4 is 10.6 Å². The molecule has 0 amide bonds. The molecule has 1 unspecified atom stereocenters. The maximum absolute atomic E-state index is 13.4. The smallest absolute Gasteiger partial charge is 0.192 e. The number of halogens is 2. The van der Waals surface area contributed by atoms with Gasteiger partial charge in [-0.15, -0.1) is 24.0 Å². The first-order valence-electron chi connectivity index (χ1n) is 8.50. The van der Waals surface area contributed by atoms with E-state index >= 15 is 0 Å². The average molecular weight is 474 g/mol. The van der Waals surface area contributed by atoms with Gasteiger partial charge < -0.3 is 15.7 Å². The molecular formula is C17H24FIN6O. The van der Waals surface area contributed by atoms with E-state index in [9.17, 15) is 9.50 Å². The molecule has 1 aliphatic rings. The Labute approximate surface area is 169 Å². The second kappa shape index (κ2) is 9.15. The molecule has 0 spiro atoms. The molecule has 9 heteroatoms. The number of aryl methyl sites for hydroxylation is 2. The van der Waals surface area contributed by atoms with Crippen LogP contribution in [0.3, 0.4) is 0 Å². The van der Waals surface area contributed by atoms with E-state index in [0.717, 1.165) is 31.0 Å². The van der Waals surface area contributed by atoms with E-state index in [4.69, 9.17) is 0 Å². The van der Waals surface area contributed by atoms with Crippen molar-refractivity contribution >= 4 is 29.9 Å². The van der Waals surface area contributed by atoms with Crippen molar-refractivity contribution in [3.8, 4) is 5.75 Å². The Morgan fingerprint density at radius 1 is 1.46 bits per heavy atom. The van der Waals surface area contributed by atoms with Gasteiger partial charge in [0.15, 0.2) is 17.5 Å². The molecule has 0 fully saturated rings. The molecule has 2 aromatic rings. The number of fused-ring (bicyclic) bond motifs is 1. The van der Waals surface area contributed by atoms with Crippen LogP contribution in [0.1, 0.15) is 43.0 Å². The first-order valence-corrected chi connectivity index (χ1v) is 8.50. The summed E-state index contributed by atoms with van der Waals surface area (Å²) < 4.78 is 15.4. The van der Waals surface area contributed by atoms with Gasteiger partial charge in [0.2, 0.25) is 0 Å². The molecule has 3 rings (SSSR count). The zero-order chi connectivity index (χ0) is 17.8. The van der Waals surface area contributed by atoms with Crippen LogP contribution in [0.4, 0.5) is 4.39 Å². The molecule has 0 bridgehead atoms. The molecule has 0 saturated heterocycles. The van der Waals surface area contributed by atoms with Gasteiger partial charge in [-0.2, -0.15) is 5.10 Å². The molecule has 1 atom stereocenters. The number of hydrogen-bond acceptors (Lipinski definition) is 4. The van der Waals surface area contributed by atoms with Crippen LogP contribution in [0.5, 0.6) is 5.75 Å². The molecule has 0 radical (unpaired) electrons. The van der Waals surface area contributed by atoms with Crippen LogP contribution in [0, 0.1) is 12.7 Å². The summed E-state index contributed by atoms with van der Waals surface area (Å²) in [5.74, 6) is 1.35. The molecular weight excluding hydrogens is 450 g/mol. The zero-order valence-corrected chi connectivity index (χ0v) is 17.2. The Morgan fingerprint density at radius 3 is 3.00 bits per heavy atom. The standard InChI is InChI=1S/C17H23FN6O.HI/c1-3-19-17(20-10-12-6-7-15(25)13(18)9-12)22-14-5-4-8-24-16(14)21-11(2)23-24;/h6-7,9,14,25H,3-5,8,10H2,1-2H3,(H2,19,20,22);1H. The number of benzene rings is 1. The van der Waals surface area contributed by atoms with Crippen LogP contribution in [-0.2, 0) is 13.1 Å². The summed E-state index contributed by atoms with van der Waals surface area (Å²) in [6, 6.07) is 4.34. The highest BCUT2D eigenvalue weighted by atomic mass is 127. The van der Waals surface area contributed by atoms with Gasteiger partial charge in [-0.25, -0.2) is 19.0 Å². The first-order chi connectivity index (χ1) is 12.1. The van der Waals surface area contributed by atoms with Gasteiger partial charge in [0.25, 0.3) is 0 Å². The summed E-state index contributed by atoms with van der Waals surface area (Å²) in [6.07, 6.45) is 1.98. The van der Waals surface area contributed by atoms with Crippen LogP contribution in [0.25, 0.3) is 0 Å². The van der Waals surface area contributed by atoms with Gasteiger partial charge in [-0.1, -0.05) is 6.07 Å². The number of rotatable bonds is 4. The quantitative estimate of drug-likeness (QED) is 0.361. The second-order valence-electron chi connectivity index (χ2n) is 6.06. The summed E-state index contributed by atoms with van der Waals surface area (Å²) in [6.45, 7) is 5.79. The molecule has 0 aliphatic carbocycles. The lowest BCUT2D eigenvalue weighted by Gasteiger charge is -2.25. The maximum Gasteiger partial charge on any atom is 0.192 e. The van der Waals surface area contributed by atoms with Crippen LogP contribution in [-0.4, -0.2) is 32.4 Å². The monoisotopic (exact) mass is 474 g/mol. The van der Waals surface area contributed by atoms with E-state index in [0.29, 0.717) is 24.6 Å². The first kappa shape index (κ1) is 20.4. The highest BCUT2D eigenvalue weighted by Gasteiger charge is 2.24. The minimum absolute atomic E-state index is 0. The number of nitrogens with one attached hydrogen (secondary N) is 2. The fourth-order valence-corrected chi connectivity index (χ4v) is 2.91. The van der Waals surface area contributed by atoms with Crippen LogP contribution >= 0.6 is 24.0 Å². The molecule has 142 valence electrons. The maximum atomic E-state index is 13.4. The molecule has 1 aliphatic heterocycles. The van der Waals surface area contributed by atoms with E-state index < -0.39 is 5.82 Å². The molecule has 7 nitrogen and oxygen atoms in total. The third-order valence-corrected chi connectivity index (χ3v) is 4.07. The van der Waals surface area contributed by atoms with E-state index in [2.05, 4.69) is 25.7 Å². The largest absolute Gasteiger partial charge is 0.505 e. The molecule has 26 heavy (non-hydrogen) atoms. The summed E-state index contributed by atoms with van der Waals surface area (Å²) in [5.41, 5.74) is 0.690. The van der Waals surface area contributed by atoms with Crippen LogP contribution in [0.2, 0.25) is 0 Å². The third-order valence-electron chi connectivity index (χ3n) is 4.07. The molecule has 3 N–H and O–H groups in total. The summed E-state index contributed by atoms with van der Waals surface area (Å²) in [5, 5.41) is 20.3. The predicted molar refractivity (Wildman–Crippen MR) is 108 cm³/mol. The van der Waals surface area contributed by atoms with Gasteiger partial charge in [-0.05, 0) is 44.4 Å². The van der Waals surface area contributed by atoms with E-state index in [-0.39, 0.29) is 35.8 Å². The van der Waals surface area contributed by atoms with Gasteiger partial charge in [-0.3, -0.25) is 0 Å². The number of guanidine groups is 1. The van der Waals surface area contributed by atoms with Gasteiger partial charge in [0.05, 0.1) is 12.6 Å². The highest BCUT2D eigenvalue weighted by Crippen LogP contribution is 2.23. The Kier molecular flexibility index (Phi) is 7.18. The number of aliphatic imine (C=N–C) groups is 1. The van der Waals surface area contributed by atoms with Crippen molar-refractivity contribution < 1.29 is 9.50 Å². The number of aromatic hydroxyl groups is 1.